The minimum atomic E-state index is -0.246. The van der Waals surface area contributed by atoms with Gasteiger partial charge in [0.05, 0.1) is 11.2 Å². The second-order valence-corrected chi connectivity index (χ2v) is 7.03. The van der Waals surface area contributed by atoms with E-state index >= 15 is 0 Å². The molecule has 5 aromatic rings. The van der Waals surface area contributed by atoms with Crippen LogP contribution in [0.4, 0.5) is 4.39 Å². The average molecular weight is 375 g/mol. The van der Waals surface area contributed by atoms with Crippen LogP contribution in [0.5, 0.6) is 0 Å². The molecule has 0 amide bonds. The molecule has 29 heavy (non-hydrogen) atoms. The second kappa shape index (κ2) is 7.33. The van der Waals surface area contributed by atoms with Gasteiger partial charge in [-0.3, -0.25) is 0 Å². The van der Waals surface area contributed by atoms with Gasteiger partial charge in [-0.15, -0.1) is 0 Å². The Labute approximate surface area is 168 Å². The van der Waals surface area contributed by atoms with Gasteiger partial charge >= 0.3 is 0 Å². The summed E-state index contributed by atoms with van der Waals surface area (Å²) in [6.45, 7) is 0. The Bertz CT molecular complexity index is 1340. The Morgan fingerprint density at radius 2 is 1.45 bits per heavy atom. The Balaban J connectivity index is 1.76. The lowest BCUT2D eigenvalue weighted by molar-refractivity contribution is 0.628. The highest BCUT2D eigenvalue weighted by atomic mass is 19.1. The fraction of sp³-hybridized carbons (Fsp3) is 0. The molecule has 138 valence electrons. The van der Waals surface area contributed by atoms with Gasteiger partial charge in [0.1, 0.15) is 5.82 Å². The van der Waals surface area contributed by atoms with Crippen molar-refractivity contribution >= 4 is 33.8 Å². The van der Waals surface area contributed by atoms with E-state index in [9.17, 15) is 4.39 Å². The molecule has 0 bridgehead atoms. The van der Waals surface area contributed by atoms with E-state index in [-0.39, 0.29) is 5.82 Å². The van der Waals surface area contributed by atoms with Crippen molar-refractivity contribution in [3.8, 4) is 11.3 Å². The van der Waals surface area contributed by atoms with E-state index in [1.165, 1.54) is 22.9 Å². The smallest absolute Gasteiger partial charge is 0.123 e. The van der Waals surface area contributed by atoms with Crippen molar-refractivity contribution in [2.75, 3.05) is 0 Å². The number of benzene rings is 4. The summed E-state index contributed by atoms with van der Waals surface area (Å²) in [5.41, 5.74) is 4.89. The van der Waals surface area contributed by atoms with Crippen LogP contribution < -0.4 is 0 Å². The van der Waals surface area contributed by atoms with Gasteiger partial charge in [0.25, 0.3) is 0 Å². The zero-order valence-corrected chi connectivity index (χ0v) is 15.7. The van der Waals surface area contributed by atoms with Crippen LogP contribution in [-0.2, 0) is 0 Å². The van der Waals surface area contributed by atoms with Crippen LogP contribution in [-0.4, -0.2) is 4.98 Å². The van der Waals surface area contributed by atoms with Gasteiger partial charge in [0.15, 0.2) is 0 Å². The summed E-state index contributed by atoms with van der Waals surface area (Å²) >= 11 is 0. The van der Waals surface area contributed by atoms with Crippen LogP contribution in [0.15, 0.2) is 97.1 Å². The number of hydrogen-bond acceptors (Lipinski definition) is 1. The number of fused-ring (bicyclic) bond motifs is 3. The maximum Gasteiger partial charge on any atom is 0.123 e. The molecule has 0 fully saturated rings. The largest absolute Gasteiger partial charge is 0.248 e. The Kier molecular flexibility index (Phi) is 4.38. The van der Waals surface area contributed by atoms with Crippen molar-refractivity contribution in [3.63, 3.8) is 0 Å². The van der Waals surface area contributed by atoms with Crippen molar-refractivity contribution in [2.24, 2.45) is 0 Å². The molecule has 0 saturated heterocycles. The third kappa shape index (κ3) is 3.41. The van der Waals surface area contributed by atoms with E-state index in [4.69, 9.17) is 4.98 Å². The molecule has 0 radical (unpaired) electrons. The summed E-state index contributed by atoms with van der Waals surface area (Å²) in [6, 6.07) is 31.3. The third-order valence-electron chi connectivity index (χ3n) is 5.12. The van der Waals surface area contributed by atoms with Gasteiger partial charge in [-0.25, -0.2) is 9.37 Å². The number of nitrogens with zero attached hydrogens (tertiary/aromatic N) is 1. The second-order valence-electron chi connectivity index (χ2n) is 7.03. The van der Waals surface area contributed by atoms with Crippen LogP contribution in [0, 0.1) is 5.82 Å². The van der Waals surface area contributed by atoms with E-state index in [1.807, 2.05) is 24.3 Å². The summed E-state index contributed by atoms with van der Waals surface area (Å²) in [7, 11) is 0. The first kappa shape index (κ1) is 17.3. The first-order valence-corrected chi connectivity index (χ1v) is 9.59. The molecular formula is C27H18FN. The third-order valence-corrected chi connectivity index (χ3v) is 5.12. The number of hydrogen-bond donors (Lipinski definition) is 0. The van der Waals surface area contributed by atoms with Gasteiger partial charge < -0.3 is 0 Å². The Morgan fingerprint density at radius 1 is 0.690 bits per heavy atom. The molecule has 4 aromatic carbocycles. The van der Waals surface area contributed by atoms with Crippen molar-refractivity contribution in [1.29, 1.82) is 0 Å². The van der Waals surface area contributed by atoms with Crippen LogP contribution in [0.3, 0.4) is 0 Å². The minimum absolute atomic E-state index is 0.246. The highest BCUT2D eigenvalue weighted by molar-refractivity contribution is 6.11. The lowest BCUT2D eigenvalue weighted by Crippen LogP contribution is -1.91. The first-order chi connectivity index (χ1) is 14.3. The summed E-state index contributed by atoms with van der Waals surface area (Å²) in [4.78, 5) is 4.88. The molecule has 0 aliphatic heterocycles. The fourth-order valence-electron chi connectivity index (χ4n) is 3.69. The summed E-state index contributed by atoms with van der Waals surface area (Å²) < 4.78 is 13.4. The molecule has 0 spiro atoms. The molecule has 2 heteroatoms. The quantitative estimate of drug-likeness (QED) is 0.300. The van der Waals surface area contributed by atoms with Gasteiger partial charge in [0, 0.05) is 10.9 Å². The lowest BCUT2D eigenvalue weighted by Gasteiger charge is -2.10. The number of aromatic nitrogens is 1. The van der Waals surface area contributed by atoms with E-state index in [2.05, 4.69) is 60.7 Å². The van der Waals surface area contributed by atoms with Crippen molar-refractivity contribution in [3.05, 3.63) is 114 Å². The van der Waals surface area contributed by atoms with Crippen LogP contribution in [0.2, 0.25) is 0 Å². The monoisotopic (exact) mass is 375 g/mol. The number of rotatable bonds is 3. The first-order valence-electron chi connectivity index (χ1n) is 9.59. The van der Waals surface area contributed by atoms with E-state index in [0.717, 1.165) is 33.3 Å². The molecule has 5 rings (SSSR count). The van der Waals surface area contributed by atoms with Gasteiger partial charge in [-0.2, -0.15) is 0 Å². The van der Waals surface area contributed by atoms with Gasteiger partial charge in [0.2, 0.25) is 0 Å². The summed E-state index contributed by atoms with van der Waals surface area (Å²) in [5.74, 6) is -0.246. The number of pyridine rings is 1. The van der Waals surface area contributed by atoms with Crippen molar-refractivity contribution < 1.29 is 4.39 Å². The topological polar surface area (TPSA) is 12.9 Å². The van der Waals surface area contributed by atoms with Crippen molar-refractivity contribution in [1.82, 2.24) is 4.98 Å². The van der Waals surface area contributed by atoms with Crippen LogP contribution >= 0.6 is 0 Å². The maximum atomic E-state index is 13.4. The normalized spacial score (nSPS) is 11.5. The SMILES string of the molecule is Fc1ccc(-c2cc(/C=C/c3ccccc3)c3c(ccc4ccccc43)n2)cc1. The molecule has 1 nitrogen and oxygen atoms in total. The van der Waals surface area contributed by atoms with Crippen LogP contribution in [0.25, 0.3) is 45.1 Å². The predicted octanol–water partition coefficient (Wildman–Crippen LogP) is 7.36. The molecule has 1 aromatic heterocycles. The molecule has 0 aliphatic rings. The van der Waals surface area contributed by atoms with E-state index < -0.39 is 0 Å². The summed E-state index contributed by atoms with van der Waals surface area (Å²) in [6.07, 6.45) is 4.25. The van der Waals surface area contributed by atoms with Crippen molar-refractivity contribution in [2.45, 2.75) is 0 Å². The molecule has 0 aliphatic carbocycles. The fourth-order valence-corrected chi connectivity index (χ4v) is 3.69. The Morgan fingerprint density at radius 3 is 2.28 bits per heavy atom. The average Bonchev–Trinajstić information content (AvgIpc) is 2.78. The molecule has 0 unspecified atom stereocenters. The molecular weight excluding hydrogens is 357 g/mol. The van der Waals surface area contributed by atoms with E-state index in [0.29, 0.717) is 0 Å². The zero-order chi connectivity index (χ0) is 19.6. The lowest BCUT2D eigenvalue weighted by atomic mass is 9.98. The molecule has 0 atom stereocenters. The minimum Gasteiger partial charge on any atom is -0.248 e. The maximum absolute atomic E-state index is 13.4. The predicted molar refractivity (Wildman–Crippen MR) is 120 cm³/mol. The molecule has 1 heterocycles. The highest BCUT2D eigenvalue weighted by Crippen LogP contribution is 2.32. The number of halogens is 1. The van der Waals surface area contributed by atoms with Gasteiger partial charge in [-0.1, -0.05) is 72.8 Å². The zero-order valence-electron chi connectivity index (χ0n) is 15.7. The Hall–Kier alpha value is -3.78. The standard InChI is InChI=1S/C27H18FN/c28-23-15-12-21(13-16-23)26-18-22(11-10-19-6-2-1-3-7-19)27-24-9-5-4-8-20(24)14-17-25(27)29-26/h1-18H/b11-10+. The molecule has 0 N–H and O–H groups in total. The van der Waals surface area contributed by atoms with Gasteiger partial charge in [-0.05, 0) is 58.3 Å². The van der Waals surface area contributed by atoms with Crippen LogP contribution in [0.1, 0.15) is 11.1 Å². The van der Waals surface area contributed by atoms with E-state index in [1.54, 1.807) is 12.1 Å². The highest BCUT2D eigenvalue weighted by Gasteiger charge is 2.09. The molecule has 0 saturated carbocycles. The summed E-state index contributed by atoms with van der Waals surface area (Å²) in [5, 5.41) is 3.49.